The molecular weight excluding hydrogens is 476 g/mol. The van der Waals surface area contributed by atoms with Gasteiger partial charge in [0.1, 0.15) is 18.0 Å². The number of nitrogens with zero attached hydrogens (tertiary/aromatic N) is 1. The molecule has 3 aromatic carbocycles. The highest BCUT2D eigenvalue weighted by atomic mass is 32.2. The number of rotatable bonds is 9. The van der Waals surface area contributed by atoms with Crippen LogP contribution in [0.4, 0.5) is 5.69 Å². The average molecular weight is 509 g/mol. The Morgan fingerprint density at radius 3 is 2.33 bits per heavy atom. The molecule has 0 heterocycles. The summed E-state index contributed by atoms with van der Waals surface area (Å²) in [4.78, 5) is 13.2. The largest absolute Gasteiger partial charge is 0.497 e. The minimum atomic E-state index is -4.08. The van der Waals surface area contributed by atoms with E-state index in [1.54, 1.807) is 36.4 Å². The van der Waals surface area contributed by atoms with Gasteiger partial charge in [-0.3, -0.25) is 9.10 Å². The number of para-hydroxylation sites is 2. The van der Waals surface area contributed by atoms with Crippen molar-refractivity contribution in [3.63, 3.8) is 0 Å². The second-order valence-corrected chi connectivity index (χ2v) is 10.7. The predicted molar refractivity (Wildman–Crippen MR) is 140 cm³/mol. The lowest BCUT2D eigenvalue weighted by Gasteiger charge is -2.26. The molecule has 0 spiro atoms. The Balaban J connectivity index is 1.60. The zero-order valence-electron chi connectivity index (χ0n) is 20.9. The zero-order valence-corrected chi connectivity index (χ0v) is 21.7. The van der Waals surface area contributed by atoms with Crippen LogP contribution in [0, 0.1) is 0 Å². The third-order valence-corrected chi connectivity index (χ3v) is 8.31. The summed E-state index contributed by atoms with van der Waals surface area (Å²) < 4.78 is 39.1. The summed E-state index contributed by atoms with van der Waals surface area (Å²) in [6.45, 7) is 1.51. The molecule has 3 aromatic rings. The van der Waals surface area contributed by atoms with Crippen LogP contribution in [0.5, 0.6) is 11.5 Å². The number of hydrogen-bond donors (Lipinski definition) is 1. The molecule has 8 heteroatoms. The van der Waals surface area contributed by atoms with Crippen LogP contribution in [-0.4, -0.2) is 35.1 Å². The smallest absolute Gasteiger partial charge is 0.264 e. The molecule has 0 aromatic heterocycles. The van der Waals surface area contributed by atoms with Crippen LogP contribution in [0.25, 0.3) is 0 Å². The molecule has 1 aliphatic carbocycles. The number of benzene rings is 3. The van der Waals surface area contributed by atoms with Crippen molar-refractivity contribution in [2.75, 3.05) is 25.1 Å². The lowest BCUT2D eigenvalue weighted by molar-refractivity contribution is -0.120. The van der Waals surface area contributed by atoms with Crippen LogP contribution in [0.1, 0.15) is 42.5 Å². The van der Waals surface area contributed by atoms with E-state index < -0.39 is 22.5 Å². The third kappa shape index (κ3) is 5.49. The molecule has 36 heavy (non-hydrogen) atoms. The lowest BCUT2D eigenvalue weighted by atomic mass is 9.89. The number of carbonyl (C=O) groups excluding carboxylic acids is 1. The fourth-order valence-electron chi connectivity index (χ4n) is 4.53. The van der Waals surface area contributed by atoms with E-state index in [-0.39, 0.29) is 16.6 Å². The first-order valence-electron chi connectivity index (χ1n) is 12.0. The van der Waals surface area contributed by atoms with Gasteiger partial charge >= 0.3 is 0 Å². The number of aryl methyl sites for hydroxylation is 2. The molecule has 0 radical (unpaired) electrons. The van der Waals surface area contributed by atoms with Crippen molar-refractivity contribution in [3.05, 3.63) is 83.4 Å². The highest BCUT2D eigenvalue weighted by molar-refractivity contribution is 7.92. The molecule has 1 amide bonds. The molecule has 7 nitrogen and oxygen atoms in total. The van der Waals surface area contributed by atoms with Crippen molar-refractivity contribution < 1.29 is 22.7 Å². The van der Waals surface area contributed by atoms with Gasteiger partial charge in [-0.2, -0.15) is 0 Å². The minimum absolute atomic E-state index is 0.0461. The number of methoxy groups -OCH3 is 2. The number of ether oxygens (including phenoxy) is 2. The summed E-state index contributed by atoms with van der Waals surface area (Å²) in [5, 5.41) is 2.98. The van der Waals surface area contributed by atoms with E-state index in [1.807, 2.05) is 13.0 Å². The lowest BCUT2D eigenvalue weighted by Crippen LogP contribution is -2.41. The van der Waals surface area contributed by atoms with Crippen molar-refractivity contribution in [1.82, 2.24) is 5.32 Å². The van der Waals surface area contributed by atoms with E-state index >= 15 is 0 Å². The van der Waals surface area contributed by atoms with E-state index in [1.165, 1.54) is 50.3 Å². The number of carbonyl (C=O) groups is 1. The maximum absolute atomic E-state index is 13.7. The Bertz CT molecular complexity index is 1320. The number of anilines is 1. The van der Waals surface area contributed by atoms with Gasteiger partial charge in [0.15, 0.2) is 0 Å². The summed E-state index contributed by atoms with van der Waals surface area (Å²) in [6, 6.07) is 18.9. The third-order valence-electron chi connectivity index (χ3n) is 6.54. The molecule has 1 aliphatic rings. The maximum Gasteiger partial charge on any atom is 0.264 e. The Morgan fingerprint density at radius 2 is 1.64 bits per heavy atom. The quantitative estimate of drug-likeness (QED) is 0.455. The minimum Gasteiger partial charge on any atom is -0.497 e. The van der Waals surface area contributed by atoms with E-state index in [4.69, 9.17) is 9.47 Å². The number of sulfonamides is 1. The van der Waals surface area contributed by atoms with Gasteiger partial charge in [-0.05, 0) is 85.7 Å². The maximum atomic E-state index is 13.7. The van der Waals surface area contributed by atoms with Crippen LogP contribution < -0.4 is 19.1 Å². The number of fused-ring (bicyclic) bond motifs is 1. The summed E-state index contributed by atoms with van der Waals surface area (Å²) in [7, 11) is -1.10. The molecule has 0 unspecified atom stereocenters. The van der Waals surface area contributed by atoms with Crippen molar-refractivity contribution in [1.29, 1.82) is 0 Å². The van der Waals surface area contributed by atoms with Gasteiger partial charge in [-0.25, -0.2) is 8.42 Å². The van der Waals surface area contributed by atoms with Crippen LogP contribution in [-0.2, 0) is 27.7 Å². The van der Waals surface area contributed by atoms with Crippen molar-refractivity contribution in [3.8, 4) is 11.5 Å². The van der Waals surface area contributed by atoms with Gasteiger partial charge in [-0.1, -0.05) is 30.3 Å². The highest BCUT2D eigenvalue weighted by Gasteiger charge is 2.30. The molecule has 1 atom stereocenters. The van der Waals surface area contributed by atoms with Crippen molar-refractivity contribution in [2.45, 2.75) is 43.5 Å². The molecule has 0 bridgehead atoms. The molecule has 0 saturated heterocycles. The Kier molecular flexibility index (Phi) is 7.84. The topological polar surface area (TPSA) is 84.9 Å². The van der Waals surface area contributed by atoms with Gasteiger partial charge in [0.25, 0.3) is 10.0 Å². The van der Waals surface area contributed by atoms with Crippen LogP contribution in [0.2, 0.25) is 0 Å². The molecule has 1 N–H and O–H groups in total. The second kappa shape index (κ2) is 11.0. The summed E-state index contributed by atoms with van der Waals surface area (Å²) in [6.07, 6.45) is 4.52. The Morgan fingerprint density at radius 1 is 0.944 bits per heavy atom. The normalized spacial score (nSPS) is 13.9. The van der Waals surface area contributed by atoms with Gasteiger partial charge in [0, 0.05) is 0 Å². The molecule has 0 fully saturated rings. The van der Waals surface area contributed by atoms with Gasteiger partial charge in [0.2, 0.25) is 5.91 Å². The van der Waals surface area contributed by atoms with Crippen molar-refractivity contribution in [2.24, 2.45) is 0 Å². The number of nitrogens with one attached hydrogen (secondary N) is 1. The van der Waals surface area contributed by atoms with Gasteiger partial charge < -0.3 is 14.8 Å². The van der Waals surface area contributed by atoms with Crippen LogP contribution >= 0.6 is 0 Å². The van der Waals surface area contributed by atoms with Crippen LogP contribution in [0.15, 0.2) is 71.6 Å². The Labute approximate surface area is 213 Å². The number of hydrogen-bond acceptors (Lipinski definition) is 5. The molecular formula is C28H32N2O5S. The standard InChI is InChI=1S/C28H32N2O5S/c1-20(22-13-12-21-8-4-5-9-23(21)18-22)29-28(31)19-30(26-10-6-7-11-27(26)35-3)36(32,33)25-16-14-24(34-2)15-17-25/h6-7,10-18,20H,4-5,8-9,19H2,1-3H3,(H,29,31)/t20-/m0/s1. The predicted octanol–water partition coefficient (Wildman–Crippen LogP) is 4.66. The van der Waals surface area contributed by atoms with E-state index in [0.717, 1.165) is 22.7 Å². The first kappa shape index (κ1) is 25.6. The van der Waals surface area contributed by atoms with Crippen LogP contribution in [0.3, 0.4) is 0 Å². The average Bonchev–Trinajstić information content (AvgIpc) is 2.91. The highest BCUT2D eigenvalue weighted by Crippen LogP contribution is 2.33. The monoisotopic (exact) mass is 508 g/mol. The first-order valence-corrected chi connectivity index (χ1v) is 13.5. The summed E-state index contributed by atoms with van der Waals surface area (Å²) >= 11 is 0. The summed E-state index contributed by atoms with van der Waals surface area (Å²) in [5.41, 5.74) is 3.99. The van der Waals surface area contributed by atoms with E-state index in [2.05, 4.69) is 17.4 Å². The van der Waals surface area contributed by atoms with Gasteiger partial charge in [-0.15, -0.1) is 0 Å². The van der Waals surface area contributed by atoms with Gasteiger partial charge in [0.05, 0.1) is 30.8 Å². The van der Waals surface area contributed by atoms with E-state index in [9.17, 15) is 13.2 Å². The molecule has 190 valence electrons. The summed E-state index contributed by atoms with van der Waals surface area (Å²) in [5.74, 6) is 0.475. The molecule has 4 rings (SSSR count). The molecule has 0 aliphatic heterocycles. The number of amides is 1. The van der Waals surface area contributed by atoms with Crippen molar-refractivity contribution >= 4 is 21.6 Å². The first-order chi connectivity index (χ1) is 17.3. The SMILES string of the molecule is COc1ccc(S(=O)(=O)N(CC(=O)N[C@@H](C)c2ccc3c(c2)CCCC3)c2ccccc2OC)cc1. The zero-order chi connectivity index (χ0) is 25.7. The van der Waals surface area contributed by atoms with E-state index in [0.29, 0.717) is 11.5 Å². The fraction of sp³-hybridized carbons (Fsp3) is 0.321. The second-order valence-electron chi connectivity index (χ2n) is 8.88. The molecule has 0 saturated carbocycles. The fourth-order valence-corrected chi connectivity index (χ4v) is 5.97. The Hall–Kier alpha value is -3.52.